The second-order valence-electron chi connectivity index (χ2n) is 8.43. The van der Waals surface area contributed by atoms with Crippen molar-refractivity contribution >= 4 is 28.7 Å². The summed E-state index contributed by atoms with van der Waals surface area (Å²) in [4.78, 5) is 19.9. The molecule has 0 saturated carbocycles. The fourth-order valence-electron chi connectivity index (χ4n) is 4.02. The maximum absolute atomic E-state index is 12.5. The summed E-state index contributed by atoms with van der Waals surface area (Å²) >= 11 is 0. The molecule has 3 N–H and O–H groups in total. The van der Waals surface area contributed by atoms with Crippen molar-refractivity contribution in [2.45, 2.75) is 19.8 Å². The van der Waals surface area contributed by atoms with Gasteiger partial charge >= 0.3 is 0 Å². The number of nitrogens with one attached hydrogen (secondary N) is 2. The number of ketones is 1. The number of benzene rings is 2. The van der Waals surface area contributed by atoms with Gasteiger partial charge in [-0.2, -0.15) is 10.2 Å². The predicted molar refractivity (Wildman–Crippen MR) is 131 cm³/mol. The molecule has 8 nitrogen and oxygen atoms in total. The smallest absolute Gasteiger partial charge is 0.198 e. The van der Waals surface area contributed by atoms with E-state index in [1.54, 1.807) is 30.3 Å². The molecule has 0 fully saturated rings. The van der Waals surface area contributed by atoms with E-state index in [0.717, 1.165) is 33.3 Å². The van der Waals surface area contributed by atoms with Crippen LogP contribution in [-0.2, 0) is 19.9 Å². The number of aliphatic imine (C=N–C) groups is 1. The van der Waals surface area contributed by atoms with E-state index in [1.165, 1.54) is 0 Å². The van der Waals surface area contributed by atoms with Crippen LogP contribution in [0.25, 0.3) is 10.9 Å². The Labute approximate surface area is 196 Å². The van der Waals surface area contributed by atoms with E-state index in [9.17, 15) is 9.90 Å². The molecule has 8 heteroatoms. The number of nitrogens with zero attached hydrogens (tertiary/aromatic N) is 4. The van der Waals surface area contributed by atoms with Crippen molar-refractivity contribution in [3.8, 4) is 5.88 Å². The topological polar surface area (TPSA) is 112 Å². The molecule has 0 aliphatic rings. The molecule has 0 unspecified atom stereocenters. The molecule has 0 atom stereocenters. The van der Waals surface area contributed by atoms with E-state index in [0.29, 0.717) is 29.8 Å². The second-order valence-corrected chi connectivity index (χ2v) is 8.43. The zero-order valence-corrected chi connectivity index (χ0v) is 18.9. The van der Waals surface area contributed by atoms with Crippen LogP contribution in [0.2, 0.25) is 0 Å². The number of aromatic nitrogens is 5. The first-order chi connectivity index (χ1) is 16.4. The Morgan fingerprint density at radius 1 is 1.15 bits per heavy atom. The normalized spacial score (nSPS) is 11.6. The number of H-pyrrole nitrogens is 2. The zero-order valence-electron chi connectivity index (χ0n) is 18.9. The minimum absolute atomic E-state index is 0.0468. The van der Waals surface area contributed by atoms with E-state index in [1.807, 2.05) is 37.3 Å². The number of carbonyl (C=O) groups is 1. The Hall–Kier alpha value is -4.46. The highest BCUT2D eigenvalue weighted by atomic mass is 16.3. The number of aromatic hydroxyl groups is 1. The van der Waals surface area contributed by atoms with E-state index in [4.69, 9.17) is 0 Å². The van der Waals surface area contributed by atoms with Crippen LogP contribution in [-0.4, -0.2) is 42.1 Å². The Bertz CT molecular complexity index is 1520. The molecule has 5 aromatic rings. The highest BCUT2D eigenvalue weighted by Gasteiger charge is 2.12. The molecule has 0 aliphatic carbocycles. The van der Waals surface area contributed by atoms with Gasteiger partial charge in [-0.1, -0.05) is 30.3 Å². The van der Waals surface area contributed by atoms with E-state index >= 15 is 0 Å². The van der Waals surface area contributed by atoms with Gasteiger partial charge < -0.3 is 10.1 Å². The third-order valence-corrected chi connectivity index (χ3v) is 5.69. The molecular formula is C26H24N6O2. The molecular weight excluding hydrogens is 428 g/mol. The number of rotatable bonds is 7. The molecule has 170 valence electrons. The molecule has 0 saturated heterocycles. The van der Waals surface area contributed by atoms with Gasteiger partial charge in [-0.15, -0.1) is 0 Å². The monoisotopic (exact) mass is 452 g/mol. The number of hydrogen-bond donors (Lipinski definition) is 3. The van der Waals surface area contributed by atoms with Crippen molar-refractivity contribution in [2.75, 3.05) is 0 Å². The average Bonchev–Trinajstić information content (AvgIpc) is 3.51. The molecule has 34 heavy (non-hydrogen) atoms. The predicted octanol–water partition coefficient (Wildman–Crippen LogP) is 4.41. The molecule has 2 aromatic carbocycles. The quantitative estimate of drug-likeness (QED) is 0.251. The lowest BCUT2D eigenvalue weighted by molar-refractivity contribution is 0.0993. The van der Waals surface area contributed by atoms with Crippen molar-refractivity contribution in [3.63, 3.8) is 0 Å². The Kier molecular flexibility index (Phi) is 5.55. The van der Waals surface area contributed by atoms with Crippen molar-refractivity contribution in [1.29, 1.82) is 0 Å². The molecule has 0 bridgehead atoms. The summed E-state index contributed by atoms with van der Waals surface area (Å²) in [6.45, 7) is 1.91. The molecule has 0 radical (unpaired) electrons. The van der Waals surface area contributed by atoms with Crippen LogP contribution in [0.5, 0.6) is 5.88 Å². The average molecular weight is 453 g/mol. The molecule has 3 heterocycles. The standard InChI is InChI=1S/C26H24N6O2/c1-16-8-25(31-30-16)27-14-22-21-11-19(6-7-23(21)29-26(22)34)10-17-4-3-5-18(9-17)12-24(33)20-13-28-32(2)15-20/h3-9,11,13-15,29,34H,10,12H2,1-2H3,(H,30,31). The van der Waals surface area contributed by atoms with Crippen LogP contribution in [0.15, 0.2) is 65.9 Å². The van der Waals surface area contributed by atoms with Crippen molar-refractivity contribution in [1.82, 2.24) is 25.0 Å². The lowest BCUT2D eigenvalue weighted by Gasteiger charge is -2.06. The summed E-state index contributed by atoms with van der Waals surface area (Å²) in [5.41, 5.74) is 6.15. The van der Waals surface area contributed by atoms with E-state index < -0.39 is 0 Å². The first-order valence-corrected chi connectivity index (χ1v) is 10.9. The van der Waals surface area contributed by atoms with E-state index in [-0.39, 0.29) is 11.7 Å². The van der Waals surface area contributed by atoms with Gasteiger partial charge in [0.25, 0.3) is 0 Å². The van der Waals surface area contributed by atoms with Crippen LogP contribution in [0, 0.1) is 6.92 Å². The third kappa shape index (κ3) is 4.52. The number of hydrogen-bond acceptors (Lipinski definition) is 5. The minimum Gasteiger partial charge on any atom is -0.494 e. The summed E-state index contributed by atoms with van der Waals surface area (Å²) in [5.74, 6) is 0.671. The highest BCUT2D eigenvalue weighted by molar-refractivity contribution is 6.02. The summed E-state index contributed by atoms with van der Waals surface area (Å²) < 4.78 is 1.63. The van der Waals surface area contributed by atoms with Crippen LogP contribution >= 0.6 is 0 Å². The summed E-state index contributed by atoms with van der Waals surface area (Å²) in [6, 6.07) is 15.9. The van der Waals surface area contributed by atoms with E-state index in [2.05, 4.69) is 43.5 Å². The van der Waals surface area contributed by atoms with Crippen molar-refractivity contribution in [3.05, 3.63) is 94.4 Å². The first kappa shape index (κ1) is 21.4. The largest absolute Gasteiger partial charge is 0.494 e. The van der Waals surface area contributed by atoms with Crippen LogP contribution in [0.1, 0.15) is 38.3 Å². The summed E-state index contributed by atoms with van der Waals surface area (Å²) in [6.07, 6.45) is 5.99. The van der Waals surface area contributed by atoms with Crippen LogP contribution in [0.3, 0.4) is 0 Å². The highest BCUT2D eigenvalue weighted by Crippen LogP contribution is 2.28. The Balaban J connectivity index is 1.37. The van der Waals surface area contributed by atoms with Crippen LogP contribution in [0.4, 0.5) is 5.82 Å². The molecule has 3 aromatic heterocycles. The van der Waals surface area contributed by atoms with Gasteiger partial charge in [-0.3, -0.25) is 14.6 Å². The molecule has 0 spiro atoms. The van der Waals surface area contributed by atoms with Gasteiger partial charge in [0.2, 0.25) is 0 Å². The maximum Gasteiger partial charge on any atom is 0.198 e. The number of Topliss-reactive ketones (excluding diaryl/α,β-unsaturated/α-hetero) is 1. The van der Waals surface area contributed by atoms with Crippen LogP contribution < -0.4 is 0 Å². The molecule has 5 rings (SSSR count). The minimum atomic E-state index is 0.0468. The van der Waals surface area contributed by atoms with Crippen molar-refractivity contribution in [2.24, 2.45) is 12.0 Å². The van der Waals surface area contributed by atoms with Gasteiger partial charge in [0.1, 0.15) is 0 Å². The zero-order chi connectivity index (χ0) is 23.7. The fraction of sp³-hybridized carbons (Fsp3) is 0.154. The van der Waals surface area contributed by atoms with Gasteiger partial charge in [0.05, 0.1) is 17.3 Å². The Morgan fingerprint density at radius 3 is 2.74 bits per heavy atom. The third-order valence-electron chi connectivity index (χ3n) is 5.69. The number of aromatic amines is 2. The lowest BCUT2D eigenvalue weighted by atomic mass is 9.98. The van der Waals surface area contributed by atoms with Gasteiger partial charge in [-0.05, 0) is 42.2 Å². The SMILES string of the molecule is Cc1cc(N=Cc2c(O)[nH]c3ccc(Cc4cccc(CC(=O)c5cnn(C)c5)c4)cc23)n[nH]1. The first-order valence-electron chi connectivity index (χ1n) is 10.9. The molecule has 0 amide bonds. The Morgan fingerprint density at radius 2 is 1.97 bits per heavy atom. The van der Waals surface area contributed by atoms with Gasteiger partial charge in [0, 0.05) is 48.5 Å². The number of aryl methyl sites for hydroxylation is 2. The van der Waals surface area contributed by atoms with Crippen molar-refractivity contribution < 1.29 is 9.90 Å². The molecule has 0 aliphatic heterocycles. The maximum atomic E-state index is 12.5. The van der Waals surface area contributed by atoms with Gasteiger partial charge in [-0.25, -0.2) is 4.99 Å². The number of fused-ring (bicyclic) bond motifs is 1. The lowest BCUT2D eigenvalue weighted by Crippen LogP contribution is -2.03. The fourth-order valence-corrected chi connectivity index (χ4v) is 4.02. The summed E-state index contributed by atoms with van der Waals surface area (Å²) in [7, 11) is 1.80. The van der Waals surface area contributed by atoms with Gasteiger partial charge in [0.15, 0.2) is 17.5 Å². The second kappa shape index (κ2) is 8.82. The summed E-state index contributed by atoms with van der Waals surface area (Å²) in [5, 5.41) is 22.3. The number of carbonyl (C=O) groups excluding carboxylic acids is 1.